The summed E-state index contributed by atoms with van der Waals surface area (Å²) < 4.78 is 37.2. The van der Waals surface area contributed by atoms with Gasteiger partial charge >= 0.3 is 12.1 Å². The van der Waals surface area contributed by atoms with Crippen LogP contribution in [-0.2, 0) is 15.8 Å². The number of hydrogen-bond acceptors (Lipinski definition) is 2. The maximum Gasteiger partial charge on any atom is 0.416 e. The number of benzene rings is 1. The van der Waals surface area contributed by atoms with Crippen LogP contribution in [0.5, 0.6) is 0 Å². The zero-order valence-corrected chi connectivity index (χ0v) is 11.4. The minimum absolute atomic E-state index is 0.208. The standard InChI is InChI=1S/C14H14F3NO3/c1-13(2)9(10(13)12(20)21)11(19)18-8-5-3-7(4-6-8)14(15,16)17/h3-6,9-10H,1-2H3,(H,18,19)(H,20,21). The van der Waals surface area contributed by atoms with Crippen LogP contribution < -0.4 is 5.32 Å². The quantitative estimate of drug-likeness (QED) is 0.902. The van der Waals surface area contributed by atoms with Gasteiger partial charge in [0, 0.05) is 5.69 Å². The van der Waals surface area contributed by atoms with E-state index in [1.807, 2.05) is 0 Å². The lowest BCUT2D eigenvalue weighted by atomic mass is 10.1. The van der Waals surface area contributed by atoms with E-state index in [1.165, 1.54) is 0 Å². The van der Waals surface area contributed by atoms with E-state index >= 15 is 0 Å². The molecule has 1 aromatic carbocycles. The van der Waals surface area contributed by atoms with Crippen molar-refractivity contribution in [1.29, 1.82) is 0 Å². The van der Waals surface area contributed by atoms with Crippen LogP contribution in [0.3, 0.4) is 0 Å². The molecule has 2 atom stereocenters. The molecule has 2 rings (SSSR count). The molecule has 1 saturated carbocycles. The smallest absolute Gasteiger partial charge is 0.416 e. The van der Waals surface area contributed by atoms with Crippen LogP contribution in [0.2, 0.25) is 0 Å². The number of carbonyl (C=O) groups excluding carboxylic acids is 1. The van der Waals surface area contributed by atoms with Gasteiger partial charge in [0.2, 0.25) is 5.91 Å². The summed E-state index contributed by atoms with van der Waals surface area (Å²) in [6.07, 6.45) is -4.44. The number of carbonyl (C=O) groups is 2. The average Bonchev–Trinajstić information content (AvgIpc) is 2.92. The predicted molar refractivity (Wildman–Crippen MR) is 68.5 cm³/mol. The Morgan fingerprint density at radius 2 is 1.67 bits per heavy atom. The first kappa shape index (κ1) is 15.3. The van der Waals surface area contributed by atoms with Gasteiger partial charge in [-0.05, 0) is 29.7 Å². The first-order valence-corrected chi connectivity index (χ1v) is 6.26. The summed E-state index contributed by atoms with van der Waals surface area (Å²) in [7, 11) is 0. The number of amides is 1. The Balaban J connectivity index is 2.06. The van der Waals surface area contributed by atoms with Crippen molar-refractivity contribution in [2.75, 3.05) is 5.32 Å². The fraction of sp³-hybridized carbons (Fsp3) is 0.429. The lowest BCUT2D eigenvalue weighted by molar-refractivity contribution is -0.140. The van der Waals surface area contributed by atoms with Crippen LogP contribution in [0.25, 0.3) is 0 Å². The molecule has 1 amide bonds. The van der Waals surface area contributed by atoms with Crippen molar-refractivity contribution in [1.82, 2.24) is 0 Å². The molecule has 0 radical (unpaired) electrons. The van der Waals surface area contributed by atoms with Crippen molar-refractivity contribution in [2.24, 2.45) is 17.3 Å². The monoisotopic (exact) mass is 301 g/mol. The van der Waals surface area contributed by atoms with Gasteiger partial charge in [-0.15, -0.1) is 0 Å². The van der Waals surface area contributed by atoms with Crippen molar-refractivity contribution in [2.45, 2.75) is 20.0 Å². The van der Waals surface area contributed by atoms with E-state index in [4.69, 9.17) is 5.11 Å². The van der Waals surface area contributed by atoms with E-state index in [1.54, 1.807) is 13.8 Å². The van der Waals surface area contributed by atoms with E-state index in [0.717, 1.165) is 24.3 Å². The molecular formula is C14H14F3NO3. The van der Waals surface area contributed by atoms with Crippen LogP contribution in [0, 0.1) is 17.3 Å². The van der Waals surface area contributed by atoms with Gasteiger partial charge in [0.15, 0.2) is 0 Å². The number of rotatable bonds is 3. The van der Waals surface area contributed by atoms with Gasteiger partial charge in [0.25, 0.3) is 0 Å². The Labute approximate surface area is 119 Å². The summed E-state index contributed by atoms with van der Waals surface area (Å²) >= 11 is 0. The minimum atomic E-state index is -4.44. The van der Waals surface area contributed by atoms with Crippen molar-refractivity contribution >= 4 is 17.6 Å². The van der Waals surface area contributed by atoms with Crippen LogP contribution in [-0.4, -0.2) is 17.0 Å². The first-order valence-electron chi connectivity index (χ1n) is 6.26. The highest BCUT2D eigenvalue weighted by Gasteiger charge is 2.65. The third-order valence-corrected chi connectivity index (χ3v) is 3.86. The number of hydrogen-bond donors (Lipinski definition) is 2. The molecule has 0 aliphatic heterocycles. The third kappa shape index (κ3) is 2.86. The molecule has 0 aromatic heterocycles. The van der Waals surface area contributed by atoms with Gasteiger partial charge in [0.1, 0.15) is 0 Å². The van der Waals surface area contributed by atoms with Gasteiger partial charge in [-0.2, -0.15) is 13.2 Å². The van der Waals surface area contributed by atoms with Crippen molar-refractivity contribution < 1.29 is 27.9 Å². The molecule has 4 nitrogen and oxygen atoms in total. The Kier molecular flexibility index (Phi) is 3.47. The Morgan fingerprint density at radius 3 is 2.05 bits per heavy atom. The van der Waals surface area contributed by atoms with Crippen molar-refractivity contribution in [3.8, 4) is 0 Å². The molecule has 1 aromatic rings. The molecule has 0 saturated heterocycles. The number of anilines is 1. The lowest BCUT2D eigenvalue weighted by Crippen LogP contribution is -2.17. The van der Waals surface area contributed by atoms with Crippen molar-refractivity contribution in [3.63, 3.8) is 0 Å². The number of halogens is 3. The maximum absolute atomic E-state index is 12.4. The van der Waals surface area contributed by atoms with Crippen LogP contribution in [0.15, 0.2) is 24.3 Å². The van der Waals surface area contributed by atoms with Gasteiger partial charge in [0.05, 0.1) is 17.4 Å². The number of alkyl halides is 3. The summed E-state index contributed by atoms with van der Waals surface area (Å²) in [4.78, 5) is 23.0. The Bertz CT molecular complexity index is 578. The summed E-state index contributed by atoms with van der Waals surface area (Å²) in [6, 6.07) is 4.02. The average molecular weight is 301 g/mol. The molecule has 1 fully saturated rings. The highest BCUT2D eigenvalue weighted by atomic mass is 19.4. The summed E-state index contributed by atoms with van der Waals surface area (Å²) in [5.41, 5.74) is -1.25. The highest BCUT2D eigenvalue weighted by molar-refractivity contribution is 5.99. The Hall–Kier alpha value is -2.05. The number of aliphatic carboxylic acids is 1. The largest absolute Gasteiger partial charge is 0.481 e. The molecule has 1 aliphatic rings. The normalized spacial score (nSPS) is 23.5. The van der Waals surface area contributed by atoms with Gasteiger partial charge in [-0.25, -0.2) is 0 Å². The molecule has 0 spiro atoms. The van der Waals surface area contributed by atoms with Gasteiger partial charge in [-0.3, -0.25) is 9.59 Å². The second-order valence-electron chi connectivity index (χ2n) is 5.68. The zero-order chi connectivity index (χ0) is 16.0. The molecule has 21 heavy (non-hydrogen) atoms. The lowest BCUT2D eigenvalue weighted by Gasteiger charge is -2.09. The summed E-state index contributed by atoms with van der Waals surface area (Å²) in [5.74, 6) is -3.00. The molecular weight excluding hydrogens is 287 g/mol. The SMILES string of the molecule is CC1(C)C(C(=O)O)C1C(=O)Nc1ccc(C(F)(F)F)cc1. The van der Waals surface area contributed by atoms with Gasteiger partial charge < -0.3 is 10.4 Å². The van der Waals surface area contributed by atoms with E-state index in [9.17, 15) is 22.8 Å². The van der Waals surface area contributed by atoms with Crippen LogP contribution >= 0.6 is 0 Å². The molecule has 1 aliphatic carbocycles. The molecule has 114 valence electrons. The van der Waals surface area contributed by atoms with Gasteiger partial charge in [-0.1, -0.05) is 13.8 Å². The first-order chi connectivity index (χ1) is 9.55. The maximum atomic E-state index is 12.4. The highest BCUT2D eigenvalue weighted by Crippen LogP contribution is 2.58. The molecule has 7 heteroatoms. The number of nitrogens with one attached hydrogen (secondary N) is 1. The van der Waals surface area contributed by atoms with Crippen molar-refractivity contribution in [3.05, 3.63) is 29.8 Å². The second-order valence-corrected chi connectivity index (χ2v) is 5.68. The molecule has 0 heterocycles. The summed E-state index contributed by atoms with van der Waals surface area (Å²) in [5, 5.41) is 11.4. The molecule has 2 unspecified atom stereocenters. The van der Waals surface area contributed by atoms with Crippen LogP contribution in [0.4, 0.5) is 18.9 Å². The Morgan fingerprint density at radius 1 is 1.14 bits per heavy atom. The van der Waals surface area contributed by atoms with E-state index in [-0.39, 0.29) is 5.69 Å². The second kappa shape index (κ2) is 4.75. The third-order valence-electron chi connectivity index (χ3n) is 3.86. The number of carboxylic acid groups (broad SMARTS) is 1. The van der Waals surface area contributed by atoms with E-state index in [2.05, 4.69) is 5.32 Å². The predicted octanol–water partition coefficient (Wildman–Crippen LogP) is 3.00. The number of carboxylic acids is 1. The molecule has 2 N–H and O–H groups in total. The van der Waals surface area contributed by atoms with Crippen LogP contribution in [0.1, 0.15) is 19.4 Å². The summed E-state index contributed by atoms with van der Waals surface area (Å²) in [6.45, 7) is 3.34. The zero-order valence-electron chi connectivity index (χ0n) is 11.4. The minimum Gasteiger partial charge on any atom is -0.481 e. The van der Waals surface area contributed by atoms with E-state index in [0.29, 0.717) is 0 Å². The molecule has 0 bridgehead atoms. The topological polar surface area (TPSA) is 66.4 Å². The van der Waals surface area contributed by atoms with E-state index < -0.39 is 40.9 Å². The fourth-order valence-electron chi connectivity index (χ4n) is 2.55. The fourth-order valence-corrected chi connectivity index (χ4v) is 2.55.